The van der Waals surface area contributed by atoms with Crippen LogP contribution in [-0.4, -0.2) is 37.8 Å². The van der Waals surface area contributed by atoms with Gasteiger partial charge in [-0.3, -0.25) is 4.79 Å². The minimum atomic E-state index is -3.48. The van der Waals surface area contributed by atoms with Crippen LogP contribution in [0, 0.1) is 24.2 Å². The lowest BCUT2D eigenvalue weighted by Crippen LogP contribution is -2.46. The topological polar surface area (TPSA) is 66.5 Å². The van der Waals surface area contributed by atoms with Crippen LogP contribution in [0.15, 0.2) is 29.2 Å². The predicted molar refractivity (Wildman–Crippen MR) is 121 cm³/mol. The fraction of sp³-hybridized carbons (Fsp3) is 0.708. The maximum Gasteiger partial charge on any atom is 0.243 e. The Morgan fingerprint density at radius 2 is 1.60 bits per heavy atom. The van der Waals surface area contributed by atoms with Crippen LogP contribution in [-0.2, 0) is 14.8 Å². The van der Waals surface area contributed by atoms with Crippen LogP contribution in [0.4, 0.5) is 0 Å². The first-order valence-corrected chi connectivity index (χ1v) is 12.9. The number of rotatable bonds is 6. The highest BCUT2D eigenvalue weighted by Crippen LogP contribution is 2.40. The van der Waals surface area contributed by atoms with Crippen molar-refractivity contribution in [1.82, 2.24) is 9.62 Å². The summed E-state index contributed by atoms with van der Waals surface area (Å²) in [6.07, 6.45) is 6.85. The maximum atomic E-state index is 12.9. The van der Waals surface area contributed by atoms with Gasteiger partial charge in [-0.1, -0.05) is 44.9 Å². The van der Waals surface area contributed by atoms with Crippen LogP contribution in [0.2, 0.25) is 0 Å². The molecule has 2 fully saturated rings. The molecule has 0 unspecified atom stereocenters. The molecule has 1 amide bonds. The van der Waals surface area contributed by atoms with Crippen molar-refractivity contribution in [2.75, 3.05) is 13.1 Å². The average molecular weight is 435 g/mol. The molecule has 1 aliphatic heterocycles. The summed E-state index contributed by atoms with van der Waals surface area (Å²) in [4.78, 5) is 13.1. The first kappa shape index (κ1) is 23.3. The summed E-state index contributed by atoms with van der Waals surface area (Å²) in [7, 11) is -3.48. The van der Waals surface area contributed by atoms with Crippen molar-refractivity contribution in [2.45, 2.75) is 83.6 Å². The van der Waals surface area contributed by atoms with Gasteiger partial charge < -0.3 is 5.32 Å². The second-order valence-electron chi connectivity index (χ2n) is 9.89. The number of benzene rings is 1. The monoisotopic (exact) mass is 434 g/mol. The zero-order valence-corrected chi connectivity index (χ0v) is 19.8. The predicted octanol–water partition coefficient (Wildman–Crippen LogP) is 4.51. The lowest BCUT2D eigenvalue weighted by Gasteiger charge is -2.39. The number of hydrogen-bond donors (Lipinski definition) is 1. The lowest BCUT2D eigenvalue weighted by atomic mass is 9.69. The zero-order chi connectivity index (χ0) is 21.9. The highest BCUT2D eigenvalue weighted by atomic mass is 32.2. The number of piperidine rings is 1. The third-order valence-corrected chi connectivity index (χ3v) is 9.49. The molecule has 0 bridgehead atoms. The Bertz CT molecular complexity index is 817. The Morgan fingerprint density at radius 1 is 1.03 bits per heavy atom. The van der Waals surface area contributed by atoms with Gasteiger partial charge >= 0.3 is 0 Å². The third kappa shape index (κ3) is 5.25. The van der Waals surface area contributed by atoms with Gasteiger partial charge in [0.1, 0.15) is 0 Å². The van der Waals surface area contributed by atoms with Gasteiger partial charge in [0, 0.05) is 25.0 Å². The van der Waals surface area contributed by atoms with E-state index in [9.17, 15) is 13.2 Å². The van der Waals surface area contributed by atoms with E-state index in [1.807, 2.05) is 19.1 Å². The summed E-state index contributed by atoms with van der Waals surface area (Å²) in [5.41, 5.74) is 1.42. The molecule has 1 saturated heterocycles. The number of nitrogens with one attached hydrogen (secondary N) is 1. The van der Waals surface area contributed by atoms with Gasteiger partial charge in [-0.05, 0) is 68.9 Å². The fourth-order valence-electron chi connectivity index (χ4n) is 4.84. The van der Waals surface area contributed by atoms with E-state index in [1.165, 1.54) is 23.6 Å². The van der Waals surface area contributed by atoms with Gasteiger partial charge in [-0.2, -0.15) is 4.31 Å². The van der Waals surface area contributed by atoms with E-state index in [-0.39, 0.29) is 17.9 Å². The van der Waals surface area contributed by atoms with Crippen molar-refractivity contribution in [2.24, 2.45) is 17.3 Å². The Balaban J connectivity index is 1.48. The van der Waals surface area contributed by atoms with Crippen molar-refractivity contribution >= 4 is 15.9 Å². The molecule has 6 heteroatoms. The van der Waals surface area contributed by atoms with Crippen LogP contribution in [0.3, 0.4) is 0 Å². The van der Waals surface area contributed by atoms with Crippen molar-refractivity contribution in [1.29, 1.82) is 0 Å². The van der Waals surface area contributed by atoms with E-state index in [0.29, 0.717) is 36.2 Å². The lowest BCUT2D eigenvalue weighted by molar-refractivity contribution is -0.127. The molecular weight excluding hydrogens is 396 g/mol. The van der Waals surface area contributed by atoms with Gasteiger partial charge in [0.25, 0.3) is 0 Å². The fourth-order valence-corrected chi connectivity index (χ4v) is 6.31. The van der Waals surface area contributed by atoms with Gasteiger partial charge in [-0.15, -0.1) is 0 Å². The van der Waals surface area contributed by atoms with Gasteiger partial charge in [-0.25, -0.2) is 8.42 Å². The van der Waals surface area contributed by atoms with E-state index in [4.69, 9.17) is 0 Å². The molecule has 2 aliphatic rings. The molecule has 1 aromatic rings. The van der Waals surface area contributed by atoms with Crippen LogP contribution < -0.4 is 5.32 Å². The van der Waals surface area contributed by atoms with Crippen LogP contribution >= 0.6 is 0 Å². The molecule has 1 aliphatic carbocycles. The number of aryl methyl sites for hydroxylation is 1. The molecular formula is C24H38N2O3S. The second-order valence-corrected chi connectivity index (χ2v) is 11.8. The summed E-state index contributed by atoms with van der Waals surface area (Å²) >= 11 is 0. The normalized spacial score (nSPS) is 24.5. The molecule has 30 heavy (non-hydrogen) atoms. The number of carbonyl (C=O) groups is 1. The molecule has 0 radical (unpaired) electrons. The van der Waals surface area contributed by atoms with Gasteiger partial charge in [0.2, 0.25) is 15.9 Å². The summed E-state index contributed by atoms with van der Waals surface area (Å²) in [5, 5.41) is 3.26. The Kier molecular flexibility index (Phi) is 7.28. The standard InChI is InChI=1S/C24H38N2O3S/c1-5-24(3,4)20-8-10-21(11-9-20)25-23(27)19-14-16-26(17-15-19)30(28,29)22-12-6-18(2)7-13-22/h6-7,12-13,19-21H,5,8-11,14-17H2,1-4H3,(H,25,27). The zero-order valence-electron chi connectivity index (χ0n) is 19.0. The second kappa shape index (κ2) is 9.39. The van der Waals surface area contributed by atoms with Crippen molar-refractivity contribution in [3.8, 4) is 0 Å². The Morgan fingerprint density at radius 3 is 2.13 bits per heavy atom. The molecule has 1 N–H and O–H groups in total. The molecule has 0 atom stereocenters. The number of hydrogen-bond acceptors (Lipinski definition) is 3. The van der Waals surface area contributed by atoms with Gasteiger partial charge in [0.05, 0.1) is 4.90 Å². The largest absolute Gasteiger partial charge is 0.353 e. The minimum absolute atomic E-state index is 0.0840. The molecule has 0 spiro atoms. The molecule has 1 saturated carbocycles. The highest BCUT2D eigenvalue weighted by molar-refractivity contribution is 7.89. The Labute approximate surface area is 182 Å². The van der Waals surface area contributed by atoms with E-state index in [2.05, 4.69) is 26.1 Å². The van der Waals surface area contributed by atoms with Crippen molar-refractivity contribution in [3.63, 3.8) is 0 Å². The van der Waals surface area contributed by atoms with Crippen LogP contribution in [0.5, 0.6) is 0 Å². The molecule has 5 nitrogen and oxygen atoms in total. The number of amides is 1. The van der Waals surface area contributed by atoms with E-state index in [1.54, 1.807) is 12.1 Å². The summed E-state index contributed by atoms with van der Waals surface area (Å²) < 4.78 is 27.2. The van der Waals surface area contributed by atoms with Gasteiger partial charge in [0.15, 0.2) is 0 Å². The van der Waals surface area contributed by atoms with E-state index in [0.717, 1.165) is 24.3 Å². The third-order valence-electron chi connectivity index (χ3n) is 7.57. The van der Waals surface area contributed by atoms with Crippen molar-refractivity contribution < 1.29 is 13.2 Å². The molecule has 168 valence electrons. The SMILES string of the molecule is CCC(C)(C)C1CCC(NC(=O)C2CCN(S(=O)(=O)c3ccc(C)cc3)CC2)CC1. The van der Waals surface area contributed by atoms with Crippen LogP contribution in [0.25, 0.3) is 0 Å². The highest BCUT2D eigenvalue weighted by Gasteiger charge is 2.35. The molecule has 3 rings (SSSR count). The molecule has 1 aromatic carbocycles. The average Bonchev–Trinajstić information content (AvgIpc) is 2.74. The number of carbonyl (C=O) groups excluding carboxylic acids is 1. The quantitative estimate of drug-likeness (QED) is 0.716. The van der Waals surface area contributed by atoms with E-state index >= 15 is 0 Å². The maximum absolute atomic E-state index is 12.9. The minimum Gasteiger partial charge on any atom is -0.353 e. The summed E-state index contributed by atoms with van der Waals surface area (Å²) in [5.74, 6) is 0.769. The number of nitrogens with zero attached hydrogens (tertiary/aromatic N) is 1. The molecule has 0 aromatic heterocycles. The Hall–Kier alpha value is -1.40. The first-order valence-electron chi connectivity index (χ1n) is 11.5. The smallest absolute Gasteiger partial charge is 0.243 e. The van der Waals surface area contributed by atoms with E-state index < -0.39 is 10.0 Å². The van der Waals surface area contributed by atoms with Crippen LogP contribution in [0.1, 0.15) is 71.3 Å². The number of sulfonamides is 1. The summed E-state index contributed by atoms with van der Waals surface area (Å²) in [6.45, 7) is 9.73. The van der Waals surface area contributed by atoms with Crippen molar-refractivity contribution in [3.05, 3.63) is 29.8 Å². The summed E-state index contributed by atoms with van der Waals surface area (Å²) in [6, 6.07) is 7.25. The molecule has 1 heterocycles. The first-order chi connectivity index (χ1) is 14.1.